The minimum absolute atomic E-state index is 0.0513. The van der Waals surface area contributed by atoms with Gasteiger partial charge in [0, 0.05) is 24.1 Å². The number of aryl methyl sites for hydroxylation is 2. The van der Waals surface area contributed by atoms with Crippen molar-refractivity contribution in [3.05, 3.63) is 83.2 Å². The average Bonchev–Trinajstić information content (AvgIpc) is 3.84. The van der Waals surface area contributed by atoms with E-state index in [-0.39, 0.29) is 11.8 Å². The monoisotopic (exact) mass is 635 g/mol. The van der Waals surface area contributed by atoms with Crippen LogP contribution in [0.4, 0.5) is 4.79 Å². The summed E-state index contributed by atoms with van der Waals surface area (Å²) in [4.78, 5) is 42.5. The second-order valence-electron chi connectivity index (χ2n) is 12.5. The highest BCUT2D eigenvalue weighted by Gasteiger charge is 2.25. The van der Waals surface area contributed by atoms with E-state index in [1.165, 1.54) is 13.5 Å². The number of imidazole rings is 2. The van der Waals surface area contributed by atoms with Crippen LogP contribution in [-0.4, -0.2) is 70.1 Å². The minimum atomic E-state index is -0.631. The van der Waals surface area contributed by atoms with Crippen LogP contribution in [0.3, 0.4) is 0 Å². The summed E-state index contributed by atoms with van der Waals surface area (Å²) in [6, 6.07) is 14.3. The number of aromatic amines is 2. The van der Waals surface area contributed by atoms with Crippen LogP contribution in [-0.2, 0) is 16.0 Å². The zero-order chi connectivity index (χ0) is 33.3. The number of benzene rings is 2. The predicted molar refractivity (Wildman–Crippen MR) is 183 cm³/mol. The Bertz CT molecular complexity index is 1730. The van der Waals surface area contributed by atoms with Gasteiger partial charge in [-0.2, -0.15) is 0 Å². The Labute approximate surface area is 277 Å². The number of amides is 2. The molecule has 2 amide bonds. The van der Waals surface area contributed by atoms with Crippen LogP contribution in [0.5, 0.6) is 0 Å². The molecule has 246 valence electrons. The molecule has 2 aromatic carbocycles. The van der Waals surface area contributed by atoms with E-state index >= 15 is 0 Å². The molecule has 0 bridgehead atoms. The second kappa shape index (κ2) is 15.6. The maximum Gasteiger partial charge on any atom is 0.407 e. The zero-order valence-corrected chi connectivity index (χ0v) is 27.9. The van der Waals surface area contributed by atoms with Gasteiger partial charge in [-0.05, 0) is 93.1 Å². The fourth-order valence-electron chi connectivity index (χ4n) is 5.85. The van der Waals surface area contributed by atoms with Gasteiger partial charge in [0.25, 0.3) is 0 Å². The summed E-state index contributed by atoms with van der Waals surface area (Å²) in [6.07, 6.45) is 7.95. The number of alkyl carbamates (subject to hydrolysis) is 1. The molecule has 1 aliphatic rings. The summed E-state index contributed by atoms with van der Waals surface area (Å²) in [5.41, 5.74) is 7.23. The number of unbranched alkanes of at least 4 members (excludes halogenated alkanes) is 1. The highest BCUT2D eigenvalue weighted by Crippen LogP contribution is 2.30. The van der Waals surface area contributed by atoms with E-state index in [2.05, 4.69) is 96.4 Å². The molecule has 10 heteroatoms. The first kappa shape index (κ1) is 33.5. The molecule has 2 atom stereocenters. The first-order chi connectivity index (χ1) is 22.7. The average molecular weight is 636 g/mol. The van der Waals surface area contributed by atoms with Crippen LogP contribution in [0.2, 0.25) is 0 Å². The summed E-state index contributed by atoms with van der Waals surface area (Å²) in [5, 5.41) is 5.49. The molecule has 0 radical (unpaired) electrons. The van der Waals surface area contributed by atoms with Gasteiger partial charge < -0.3 is 25.3 Å². The summed E-state index contributed by atoms with van der Waals surface area (Å²) < 4.78 is 4.62. The molecule has 4 N–H and O–H groups in total. The Morgan fingerprint density at radius 3 is 2.47 bits per heavy atom. The number of carbonyl (C=O) groups excluding carboxylic acids is 2. The van der Waals surface area contributed by atoms with Crippen molar-refractivity contribution in [2.45, 2.75) is 65.0 Å². The van der Waals surface area contributed by atoms with Crippen LogP contribution in [0.1, 0.15) is 73.9 Å². The summed E-state index contributed by atoms with van der Waals surface area (Å²) >= 11 is 0. The summed E-state index contributed by atoms with van der Waals surface area (Å²) in [6.45, 7) is 7.49. The lowest BCUT2D eigenvalue weighted by Crippen LogP contribution is -2.49. The van der Waals surface area contributed by atoms with Crippen molar-refractivity contribution in [1.29, 1.82) is 0 Å². The molecule has 0 spiro atoms. The van der Waals surface area contributed by atoms with Crippen molar-refractivity contribution in [2.24, 2.45) is 5.92 Å². The van der Waals surface area contributed by atoms with Crippen molar-refractivity contribution in [1.82, 2.24) is 35.5 Å². The van der Waals surface area contributed by atoms with Gasteiger partial charge in [-0.1, -0.05) is 43.9 Å². The number of likely N-dealkylation sites (tertiary alicyclic amines) is 1. The number of rotatable bonds is 11. The standard InChI is InChI=1S/C37H45N7O3/c1-24(2)34(43-37(46)47-5)36(45)38-19-7-6-10-33-39-22-30(41-33)28-15-12-26(13-16-28)11-14-27-17-18-29(21-25(27)3)31-23-40-35(42-31)32-9-8-20-44(32)4/h12-13,15-18,21-24,32,34H,6-10,19-20H2,1-5H3,(H,38,45)(H,39,41)(H,40,42)(H,43,46). The highest BCUT2D eigenvalue weighted by atomic mass is 16.5. The molecule has 5 rings (SSSR count). The van der Waals surface area contributed by atoms with Gasteiger partial charge in [-0.3, -0.25) is 9.69 Å². The number of hydrogen-bond donors (Lipinski definition) is 4. The van der Waals surface area contributed by atoms with Crippen molar-refractivity contribution in [2.75, 3.05) is 27.2 Å². The number of aromatic nitrogens is 4. The molecule has 10 nitrogen and oxygen atoms in total. The number of hydrogen-bond acceptors (Lipinski definition) is 6. The SMILES string of the molecule is COC(=O)NC(C(=O)NCCCCc1ncc(-c2ccc(C#Cc3ccc(-c4cnc(C5CCCN5C)[nH]4)cc3C)cc2)[nH]1)C(C)C. The fourth-order valence-corrected chi connectivity index (χ4v) is 5.85. The maximum absolute atomic E-state index is 12.5. The molecule has 3 heterocycles. The molecular formula is C37H45N7O3. The Balaban J connectivity index is 1.10. The maximum atomic E-state index is 12.5. The van der Waals surface area contributed by atoms with E-state index in [0.717, 1.165) is 83.1 Å². The molecule has 1 aliphatic heterocycles. The van der Waals surface area contributed by atoms with Gasteiger partial charge in [0.2, 0.25) is 5.91 Å². The van der Waals surface area contributed by atoms with E-state index in [0.29, 0.717) is 12.6 Å². The third kappa shape index (κ3) is 8.69. The second-order valence-corrected chi connectivity index (χ2v) is 12.5. The van der Waals surface area contributed by atoms with Crippen LogP contribution < -0.4 is 10.6 Å². The Kier molecular flexibility index (Phi) is 11.1. The molecule has 2 aromatic heterocycles. The molecule has 0 aliphatic carbocycles. The third-order valence-electron chi connectivity index (χ3n) is 8.68. The van der Waals surface area contributed by atoms with E-state index in [9.17, 15) is 9.59 Å². The third-order valence-corrected chi connectivity index (χ3v) is 8.68. The van der Waals surface area contributed by atoms with Crippen LogP contribution in [0.15, 0.2) is 54.9 Å². The first-order valence-electron chi connectivity index (χ1n) is 16.4. The molecule has 2 unspecified atom stereocenters. The van der Waals surface area contributed by atoms with Crippen molar-refractivity contribution in [3.8, 4) is 34.4 Å². The van der Waals surface area contributed by atoms with Crippen LogP contribution in [0.25, 0.3) is 22.5 Å². The Morgan fingerprint density at radius 2 is 1.77 bits per heavy atom. The molecule has 0 saturated carbocycles. The Morgan fingerprint density at radius 1 is 1.02 bits per heavy atom. The number of nitrogens with one attached hydrogen (secondary N) is 4. The van der Waals surface area contributed by atoms with E-state index in [4.69, 9.17) is 0 Å². The zero-order valence-electron chi connectivity index (χ0n) is 27.9. The number of ether oxygens (including phenoxy) is 1. The number of H-pyrrole nitrogens is 2. The predicted octanol–water partition coefficient (Wildman–Crippen LogP) is 5.76. The molecule has 1 fully saturated rings. The van der Waals surface area contributed by atoms with Gasteiger partial charge in [-0.25, -0.2) is 14.8 Å². The quantitative estimate of drug-likeness (QED) is 0.123. The number of carbonyl (C=O) groups is 2. The minimum Gasteiger partial charge on any atom is -0.453 e. The van der Waals surface area contributed by atoms with Gasteiger partial charge in [0.05, 0.1) is 36.9 Å². The fraction of sp³-hybridized carbons (Fsp3) is 0.405. The number of methoxy groups -OCH3 is 1. The van der Waals surface area contributed by atoms with Gasteiger partial charge >= 0.3 is 6.09 Å². The normalized spacial score (nSPS) is 15.2. The first-order valence-corrected chi connectivity index (χ1v) is 16.4. The van der Waals surface area contributed by atoms with E-state index < -0.39 is 12.1 Å². The number of nitrogens with zero attached hydrogens (tertiary/aromatic N) is 3. The largest absolute Gasteiger partial charge is 0.453 e. The molecule has 1 saturated heterocycles. The highest BCUT2D eigenvalue weighted by molar-refractivity contribution is 5.85. The van der Waals surface area contributed by atoms with Crippen LogP contribution >= 0.6 is 0 Å². The van der Waals surface area contributed by atoms with Crippen LogP contribution in [0, 0.1) is 24.7 Å². The topological polar surface area (TPSA) is 128 Å². The van der Waals surface area contributed by atoms with Gasteiger partial charge in [-0.15, -0.1) is 0 Å². The van der Waals surface area contributed by atoms with Gasteiger partial charge in [0.1, 0.15) is 17.7 Å². The molecule has 4 aromatic rings. The molecule has 47 heavy (non-hydrogen) atoms. The van der Waals surface area contributed by atoms with Crippen molar-refractivity contribution < 1.29 is 14.3 Å². The van der Waals surface area contributed by atoms with E-state index in [1.54, 1.807) is 0 Å². The van der Waals surface area contributed by atoms with Crippen molar-refractivity contribution in [3.63, 3.8) is 0 Å². The lowest BCUT2D eigenvalue weighted by Gasteiger charge is -2.20. The lowest BCUT2D eigenvalue weighted by molar-refractivity contribution is -0.124. The Hall–Kier alpha value is -4.88. The van der Waals surface area contributed by atoms with Gasteiger partial charge in [0.15, 0.2) is 0 Å². The summed E-state index contributed by atoms with van der Waals surface area (Å²) in [7, 11) is 3.44. The van der Waals surface area contributed by atoms with Crippen molar-refractivity contribution >= 4 is 12.0 Å². The van der Waals surface area contributed by atoms with E-state index in [1.807, 2.05) is 38.4 Å². The molecular weight excluding hydrogens is 590 g/mol. The smallest absolute Gasteiger partial charge is 0.407 e. The summed E-state index contributed by atoms with van der Waals surface area (Å²) in [5.74, 6) is 8.33. The lowest BCUT2D eigenvalue weighted by atomic mass is 10.0.